The van der Waals surface area contributed by atoms with Crippen LogP contribution in [0.3, 0.4) is 0 Å². The molecule has 0 aliphatic carbocycles. The molecule has 11 nitrogen and oxygen atoms in total. The van der Waals surface area contributed by atoms with E-state index in [2.05, 4.69) is 31.0 Å². The number of amides is 3. The van der Waals surface area contributed by atoms with Crippen molar-refractivity contribution in [2.45, 2.75) is 62.7 Å². The molecule has 2 aromatic carbocycles. The van der Waals surface area contributed by atoms with Gasteiger partial charge in [-0.25, -0.2) is 27.7 Å². The van der Waals surface area contributed by atoms with E-state index in [9.17, 15) is 18.0 Å². The number of hydrogen-bond donors (Lipinski definition) is 6. The molecule has 1 fully saturated rings. The number of benzene rings is 2. The third-order valence-electron chi connectivity index (χ3n) is 6.09. The van der Waals surface area contributed by atoms with Crippen LogP contribution in [0.15, 0.2) is 59.6 Å². The summed E-state index contributed by atoms with van der Waals surface area (Å²) in [5, 5.41) is 21.1. The monoisotopic (exact) mass is 586 g/mol. The predicted octanol–water partition coefficient (Wildman–Crippen LogP) is 4.27. The Bertz CT molecular complexity index is 1450. The summed E-state index contributed by atoms with van der Waals surface area (Å²) >= 11 is 1.38. The average molecular weight is 587 g/mol. The number of piperidine rings is 1. The number of thiazole rings is 1. The molecule has 13 heteroatoms. The molecule has 1 aliphatic heterocycles. The van der Waals surface area contributed by atoms with E-state index in [1.807, 2.05) is 30.3 Å². The summed E-state index contributed by atoms with van der Waals surface area (Å²) in [7, 11) is -3.97. The number of urea groups is 1. The zero-order valence-electron chi connectivity index (χ0n) is 22.5. The number of carbonyl (C=O) groups excluding carboxylic acids is 1. The van der Waals surface area contributed by atoms with E-state index in [4.69, 9.17) is 5.11 Å². The fourth-order valence-corrected chi connectivity index (χ4v) is 7.17. The third-order valence-corrected chi connectivity index (χ3v) is 9.04. The van der Waals surface area contributed by atoms with Gasteiger partial charge in [-0.15, -0.1) is 11.3 Å². The molecule has 40 heavy (non-hydrogen) atoms. The first-order chi connectivity index (χ1) is 18.9. The van der Waals surface area contributed by atoms with Gasteiger partial charge in [0.15, 0.2) is 0 Å². The predicted molar refractivity (Wildman–Crippen MR) is 155 cm³/mol. The van der Waals surface area contributed by atoms with Gasteiger partial charge in [0, 0.05) is 42.1 Å². The molecular formula is C27H34N6O5S2. The van der Waals surface area contributed by atoms with Crippen molar-refractivity contribution >= 4 is 39.2 Å². The first kappa shape index (κ1) is 29.5. The summed E-state index contributed by atoms with van der Waals surface area (Å²) < 4.78 is 29.7. The molecule has 0 unspecified atom stereocenters. The Kier molecular flexibility index (Phi) is 9.08. The van der Waals surface area contributed by atoms with Gasteiger partial charge < -0.3 is 26.4 Å². The topological polar surface area (TPSA) is 162 Å². The number of carboxylic acid groups (broad SMARTS) is 1. The Hall–Kier alpha value is -3.52. The molecule has 1 saturated heterocycles. The van der Waals surface area contributed by atoms with Crippen LogP contribution < -0.4 is 26.0 Å². The second-order valence-electron chi connectivity index (χ2n) is 10.6. The van der Waals surface area contributed by atoms with Crippen molar-refractivity contribution in [3.8, 4) is 10.4 Å². The van der Waals surface area contributed by atoms with Crippen molar-refractivity contribution in [2.24, 2.45) is 0 Å². The summed E-state index contributed by atoms with van der Waals surface area (Å²) in [6.45, 7) is 6.08. The molecule has 214 valence electrons. The Labute approximate surface area is 237 Å². The number of nitrogens with zero attached hydrogens (tertiary/aromatic N) is 1. The maximum atomic E-state index is 13.5. The van der Waals surface area contributed by atoms with Crippen molar-refractivity contribution in [3.63, 3.8) is 0 Å². The van der Waals surface area contributed by atoms with Crippen LogP contribution in [0, 0.1) is 0 Å². The van der Waals surface area contributed by atoms with Crippen molar-refractivity contribution in [3.05, 3.63) is 65.3 Å². The summed E-state index contributed by atoms with van der Waals surface area (Å²) in [6.07, 6.45) is 1.95. The second kappa shape index (κ2) is 12.3. The van der Waals surface area contributed by atoms with Gasteiger partial charge in [0.05, 0.1) is 15.8 Å². The van der Waals surface area contributed by atoms with E-state index < -0.39 is 27.7 Å². The van der Waals surface area contributed by atoms with E-state index in [0.29, 0.717) is 42.1 Å². The molecule has 0 spiro atoms. The van der Waals surface area contributed by atoms with Gasteiger partial charge in [-0.05, 0) is 51.3 Å². The van der Waals surface area contributed by atoms with Gasteiger partial charge >= 0.3 is 12.1 Å². The lowest BCUT2D eigenvalue weighted by Crippen LogP contribution is -2.46. The third kappa shape index (κ3) is 8.01. The normalized spacial score (nSPS) is 17.7. The molecule has 4 rings (SSSR count). The largest absolute Gasteiger partial charge is 0.465 e. The van der Waals surface area contributed by atoms with Crippen LogP contribution in [0.5, 0.6) is 0 Å². The van der Waals surface area contributed by atoms with Gasteiger partial charge in [-0.1, -0.05) is 36.4 Å². The standard InChI is InChI=1S/C27H34N6O5S2/c1-27(2,3)33-40(37,38)23-13-18(31-25(34)30-14-17-7-5-4-6-8-17)9-11-20(23)22-16-29-24(39-22)21-12-10-19(15-28-21)32-26(35)36/h4-9,11,13,16,19,21,28,32-33H,10,12,14-15H2,1-3H3,(H,35,36)(H2,30,31,34)/t19-,21+/m1/s1. The average Bonchev–Trinajstić information content (AvgIpc) is 3.37. The van der Waals surface area contributed by atoms with E-state index >= 15 is 0 Å². The molecule has 2 atom stereocenters. The molecule has 2 heterocycles. The number of rotatable bonds is 8. The molecule has 1 aromatic heterocycles. The maximum Gasteiger partial charge on any atom is 0.404 e. The lowest BCUT2D eigenvalue weighted by Gasteiger charge is -2.28. The van der Waals surface area contributed by atoms with Crippen molar-refractivity contribution in [2.75, 3.05) is 11.9 Å². The molecule has 3 amide bonds. The van der Waals surface area contributed by atoms with Gasteiger partial charge in [-0.3, -0.25) is 0 Å². The van der Waals surface area contributed by atoms with Gasteiger partial charge in [0.25, 0.3) is 0 Å². The number of nitrogens with one attached hydrogen (secondary N) is 5. The highest BCUT2D eigenvalue weighted by Crippen LogP contribution is 2.37. The van der Waals surface area contributed by atoms with Gasteiger partial charge in [0.1, 0.15) is 5.01 Å². The minimum atomic E-state index is -3.97. The Morgan fingerprint density at radius 1 is 1.12 bits per heavy atom. The van der Waals surface area contributed by atoms with E-state index in [1.54, 1.807) is 39.1 Å². The van der Waals surface area contributed by atoms with Crippen molar-refractivity contribution in [1.29, 1.82) is 0 Å². The minimum absolute atomic E-state index is 0.0285. The zero-order valence-corrected chi connectivity index (χ0v) is 24.2. The quantitative estimate of drug-likeness (QED) is 0.230. The number of hydrogen-bond acceptors (Lipinski definition) is 7. The highest BCUT2D eigenvalue weighted by atomic mass is 32.2. The number of anilines is 1. The maximum absolute atomic E-state index is 13.5. The molecule has 0 bridgehead atoms. The second-order valence-corrected chi connectivity index (χ2v) is 13.3. The Balaban J connectivity index is 1.56. The van der Waals surface area contributed by atoms with E-state index in [0.717, 1.165) is 10.6 Å². The summed E-state index contributed by atoms with van der Waals surface area (Å²) in [5.41, 5.74) is 1.02. The Morgan fingerprint density at radius 3 is 2.52 bits per heavy atom. The van der Waals surface area contributed by atoms with E-state index in [1.165, 1.54) is 17.4 Å². The first-order valence-electron chi connectivity index (χ1n) is 12.9. The van der Waals surface area contributed by atoms with Crippen LogP contribution in [-0.2, 0) is 16.6 Å². The zero-order chi connectivity index (χ0) is 28.9. The minimum Gasteiger partial charge on any atom is -0.465 e. The summed E-state index contributed by atoms with van der Waals surface area (Å²) in [6, 6.07) is 13.6. The molecule has 0 saturated carbocycles. The lowest BCUT2D eigenvalue weighted by atomic mass is 10.0. The first-order valence-corrected chi connectivity index (χ1v) is 15.2. The van der Waals surface area contributed by atoms with Crippen LogP contribution in [0.1, 0.15) is 50.2 Å². The van der Waals surface area contributed by atoms with Gasteiger partial charge in [0.2, 0.25) is 10.0 Å². The molecule has 0 radical (unpaired) electrons. The van der Waals surface area contributed by atoms with Crippen LogP contribution >= 0.6 is 11.3 Å². The lowest BCUT2D eigenvalue weighted by molar-refractivity contribution is 0.185. The molecule has 3 aromatic rings. The van der Waals surface area contributed by atoms with Crippen molar-refractivity contribution < 1.29 is 23.1 Å². The fourth-order valence-electron chi connectivity index (χ4n) is 4.38. The fraction of sp³-hybridized carbons (Fsp3) is 0.370. The van der Waals surface area contributed by atoms with E-state index in [-0.39, 0.29) is 17.0 Å². The highest BCUT2D eigenvalue weighted by molar-refractivity contribution is 7.89. The SMILES string of the molecule is CC(C)(C)NS(=O)(=O)c1cc(NC(=O)NCc2ccccc2)ccc1-c1cnc([C@@H]2CC[C@@H](NC(=O)O)CN2)s1. The Morgan fingerprint density at radius 2 is 1.88 bits per heavy atom. The van der Waals surface area contributed by atoms with Crippen molar-refractivity contribution in [1.82, 2.24) is 25.7 Å². The molecule has 6 N–H and O–H groups in total. The smallest absolute Gasteiger partial charge is 0.404 e. The van der Waals surface area contributed by atoms with Crippen LogP contribution in [0.4, 0.5) is 15.3 Å². The number of aromatic nitrogens is 1. The van der Waals surface area contributed by atoms with Crippen LogP contribution in [0.25, 0.3) is 10.4 Å². The summed E-state index contributed by atoms with van der Waals surface area (Å²) in [5.74, 6) is 0. The molecule has 1 aliphatic rings. The van der Waals surface area contributed by atoms with Crippen LogP contribution in [-0.4, -0.2) is 48.8 Å². The number of sulfonamides is 1. The van der Waals surface area contributed by atoms with Gasteiger partial charge in [-0.2, -0.15) is 0 Å². The number of carbonyl (C=O) groups is 2. The summed E-state index contributed by atoms with van der Waals surface area (Å²) in [4.78, 5) is 28.7. The highest BCUT2D eigenvalue weighted by Gasteiger charge is 2.28. The molecular weight excluding hydrogens is 552 g/mol. The van der Waals surface area contributed by atoms with Crippen LogP contribution in [0.2, 0.25) is 0 Å².